The second-order valence-electron chi connectivity index (χ2n) is 7.32. The summed E-state index contributed by atoms with van der Waals surface area (Å²) in [7, 11) is 1.87. The lowest BCUT2D eigenvalue weighted by atomic mass is 9.90. The fourth-order valence-electron chi connectivity index (χ4n) is 3.45. The first kappa shape index (κ1) is 19.4. The van der Waals surface area contributed by atoms with E-state index < -0.39 is 6.10 Å². The van der Waals surface area contributed by atoms with E-state index in [4.69, 9.17) is 4.74 Å². The quantitative estimate of drug-likeness (QED) is 0.683. The van der Waals surface area contributed by atoms with Crippen molar-refractivity contribution < 1.29 is 14.6 Å². The van der Waals surface area contributed by atoms with Crippen LogP contribution in [0.3, 0.4) is 0 Å². The predicted molar refractivity (Wildman–Crippen MR) is 102 cm³/mol. The van der Waals surface area contributed by atoms with Crippen LogP contribution in [0.2, 0.25) is 0 Å². The molecule has 1 aliphatic heterocycles. The Kier molecular flexibility index (Phi) is 6.13. The molecule has 0 bridgehead atoms. The second-order valence-corrected chi connectivity index (χ2v) is 7.32. The first-order valence-electron chi connectivity index (χ1n) is 9.35. The van der Waals surface area contributed by atoms with Crippen LogP contribution in [0.5, 0.6) is 5.75 Å². The van der Waals surface area contributed by atoms with Crippen molar-refractivity contribution >= 4 is 5.91 Å². The highest BCUT2D eigenvalue weighted by Crippen LogP contribution is 2.28. The highest BCUT2D eigenvalue weighted by atomic mass is 16.5. The molecule has 27 heavy (non-hydrogen) atoms. The van der Waals surface area contributed by atoms with Crippen molar-refractivity contribution in [2.45, 2.75) is 32.0 Å². The summed E-state index contributed by atoms with van der Waals surface area (Å²) in [5, 5.41) is 20.8. The molecule has 1 unspecified atom stereocenters. The lowest BCUT2D eigenvalue weighted by molar-refractivity contribution is -0.125. The third kappa shape index (κ3) is 4.87. The summed E-state index contributed by atoms with van der Waals surface area (Å²) in [4.78, 5) is 12.7. The Bertz CT molecular complexity index is 774. The number of amides is 1. The highest BCUT2D eigenvalue weighted by molar-refractivity contribution is 5.80. The van der Waals surface area contributed by atoms with E-state index in [0.717, 1.165) is 17.7 Å². The number of benzene rings is 1. The summed E-state index contributed by atoms with van der Waals surface area (Å²) in [6.45, 7) is 5.45. The van der Waals surface area contributed by atoms with Gasteiger partial charge in [0.1, 0.15) is 5.75 Å². The minimum atomic E-state index is -0.782. The number of hydrogen-bond acceptors (Lipinski definition) is 5. The Morgan fingerprint density at radius 1 is 1.44 bits per heavy atom. The minimum Gasteiger partial charge on any atom is -0.491 e. The predicted octanol–water partition coefficient (Wildman–Crippen LogP) is 1.36. The largest absolute Gasteiger partial charge is 0.491 e. The lowest BCUT2D eigenvalue weighted by Crippen LogP contribution is -2.36. The Hall–Kier alpha value is -2.38. The van der Waals surface area contributed by atoms with Gasteiger partial charge in [-0.3, -0.25) is 9.48 Å². The van der Waals surface area contributed by atoms with Crippen LogP contribution in [0, 0.1) is 5.92 Å². The van der Waals surface area contributed by atoms with E-state index >= 15 is 0 Å². The van der Waals surface area contributed by atoms with Crippen LogP contribution >= 0.6 is 0 Å². The van der Waals surface area contributed by atoms with Crippen LogP contribution in [0.25, 0.3) is 0 Å². The molecular formula is C20H28N4O3. The third-order valence-corrected chi connectivity index (χ3v) is 4.79. The van der Waals surface area contributed by atoms with Gasteiger partial charge in [-0.25, -0.2) is 0 Å². The van der Waals surface area contributed by atoms with Crippen LogP contribution in [0.4, 0.5) is 0 Å². The Morgan fingerprint density at radius 3 is 2.96 bits per heavy atom. The maximum absolute atomic E-state index is 12.7. The number of aliphatic hydroxyl groups excluding tert-OH is 1. The minimum absolute atomic E-state index is 0.0533. The number of aryl methyl sites for hydroxylation is 1. The zero-order valence-corrected chi connectivity index (χ0v) is 16.1. The van der Waals surface area contributed by atoms with Crippen molar-refractivity contribution in [3.8, 4) is 5.75 Å². The molecule has 2 aromatic rings. The van der Waals surface area contributed by atoms with Gasteiger partial charge in [0.05, 0.1) is 24.3 Å². The number of carbonyl (C=O) groups is 1. The standard InChI is InChI=1S/C20H28N4O3/c1-13(2)27-16-6-4-5-14(7-16)19(25)11-22-20(26)18-10-21-9-17(18)15-8-23-24(3)12-15/h4-8,12-13,17-19,21,25H,9-11H2,1-3H3,(H,22,26)/t17-,18+,19?/m1/s1. The maximum atomic E-state index is 12.7. The normalized spacial score (nSPS) is 20.6. The van der Waals surface area contributed by atoms with Crippen LogP contribution in [-0.2, 0) is 11.8 Å². The molecule has 7 nitrogen and oxygen atoms in total. The molecule has 2 heterocycles. The fourth-order valence-corrected chi connectivity index (χ4v) is 3.45. The summed E-state index contributed by atoms with van der Waals surface area (Å²) < 4.78 is 7.41. The number of hydrogen-bond donors (Lipinski definition) is 3. The zero-order valence-electron chi connectivity index (χ0n) is 16.1. The number of rotatable bonds is 7. The summed E-state index contributed by atoms with van der Waals surface area (Å²) in [6, 6.07) is 7.35. The highest BCUT2D eigenvalue weighted by Gasteiger charge is 2.34. The Balaban J connectivity index is 1.58. The molecule has 7 heteroatoms. The average Bonchev–Trinajstić information content (AvgIpc) is 3.27. The molecule has 0 spiro atoms. The molecule has 1 aromatic carbocycles. The number of ether oxygens (including phenoxy) is 1. The van der Waals surface area contributed by atoms with Gasteiger partial charge in [-0.1, -0.05) is 12.1 Å². The van der Waals surface area contributed by atoms with Gasteiger partial charge in [-0.05, 0) is 37.1 Å². The number of aromatic nitrogens is 2. The molecule has 0 radical (unpaired) electrons. The fraction of sp³-hybridized carbons (Fsp3) is 0.500. The van der Waals surface area contributed by atoms with E-state index in [-0.39, 0.29) is 30.4 Å². The zero-order chi connectivity index (χ0) is 19.4. The summed E-state index contributed by atoms with van der Waals surface area (Å²) in [6.07, 6.45) is 3.05. The van der Waals surface area contributed by atoms with E-state index in [0.29, 0.717) is 12.3 Å². The van der Waals surface area contributed by atoms with Crippen LogP contribution in [-0.4, -0.2) is 46.5 Å². The maximum Gasteiger partial charge on any atom is 0.225 e. The number of aliphatic hydroxyl groups is 1. The van der Waals surface area contributed by atoms with Crippen molar-refractivity contribution in [1.82, 2.24) is 20.4 Å². The summed E-state index contributed by atoms with van der Waals surface area (Å²) in [5.74, 6) is 0.586. The number of nitrogens with zero attached hydrogens (tertiary/aromatic N) is 2. The van der Waals surface area contributed by atoms with Gasteiger partial charge in [0.25, 0.3) is 0 Å². The van der Waals surface area contributed by atoms with Crippen LogP contribution < -0.4 is 15.4 Å². The number of carbonyl (C=O) groups excluding carboxylic acids is 1. The molecule has 0 aliphatic carbocycles. The van der Waals surface area contributed by atoms with Crippen molar-refractivity contribution in [1.29, 1.82) is 0 Å². The first-order chi connectivity index (χ1) is 12.9. The van der Waals surface area contributed by atoms with E-state index in [2.05, 4.69) is 15.7 Å². The smallest absolute Gasteiger partial charge is 0.225 e. The van der Waals surface area contributed by atoms with Gasteiger partial charge < -0.3 is 20.5 Å². The second kappa shape index (κ2) is 8.54. The topological polar surface area (TPSA) is 88.4 Å². The monoisotopic (exact) mass is 372 g/mol. The van der Waals surface area contributed by atoms with Gasteiger partial charge >= 0.3 is 0 Å². The molecule has 1 amide bonds. The third-order valence-electron chi connectivity index (χ3n) is 4.79. The van der Waals surface area contributed by atoms with E-state index in [9.17, 15) is 9.90 Å². The molecule has 1 aliphatic rings. The molecule has 1 fully saturated rings. The SMILES string of the molecule is CC(C)Oc1cccc(C(O)CNC(=O)[C@H]2CNC[C@@H]2c2cnn(C)c2)c1. The van der Waals surface area contributed by atoms with Crippen molar-refractivity contribution in [3.05, 3.63) is 47.8 Å². The van der Waals surface area contributed by atoms with E-state index in [1.54, 1.807) is 4.68 Å². The first-order valence-corrected chi connectivity index (χ1v) is 9.35. The van der Waals surface area contributed by atoms with Gasteiger partial charge in [0.15, 0.2) is 0 Å². The molecule has 1 aromatic heterocycles. The molecule has 146 valence electrons. The van der Waals surface area contributed by atoms with Gasteiger partial charge in [0, 0.05) is 38.8 Å². The van der Waals surface area contributed by atoms with E-state index in [1.807, 2.05) is 57.6 Å². The summed E-state index contributed by atoms with van der Waals surface area (Å²) >= 11 is 0. The molecule has 3 rings (SSSR count). The lowest BCUT2D eigenvalue weighted by Gasteiger charge is -2.19. The van der Waals surface area contributed by atoms with Crippen LogP contribution in [0.15, 0.2) is 36.7 Å². The Morgan fingerprint density at radius 2 is 2.26 bits per heavy atom. The summed E-state index contributed by atoms with van der Waals surface area (Å²) in [5.41, 5.74) is 1.78. The van der Waals surface area contributed by atoms with Crippen molar-refractivity contribution in [2.75, 3.05) is 19.6 Å². The number of nitrogens with one attached hydrogen (secondary N) is 2. The van der Waals surface area contributed by atoms with Crippen LogP contribution in [0.1, 0.15) is 37.0 Å². The Labute approximate surface area is 159 Å². The van der Waals surface area contributed by atoms with Gasteiger partial charge in [-0.2, -0.15) is 5.10 Å². The van der Waals surface area contributed by atoms with Crippen molar-refractivity contribution in [2.24, 2.45) is 13.0 Å². The molecule has 0 saturated carbocycles. The van der Waals surface area contributed by atoms with Gasteiger partial charge in [-0.15, -0.1) is 0 Å². The molecule has 3 N–H and O–H groups in total. The molecular weight excluding hydrogens is 344 g/mol. The average molecular weight is 372 g/mol. The van der Waals surface area contributed by atoms with Crippen molar-refractivity contribution in [3.63, 3.8) is 0 Å². The molecule has 3 atom stereocenters. The van der Waals surface area contributed by atoms with Gasteiger partial charge in [0.2, 0.25) is 5.91 Å². The molecule has 1 saturated heterocycles. The van der Waals surface area contributed by atoms with E-state index in [1.165, 1.54) is 0 Å².